The van der Waals surface area contributed by atoms with Crippen molar-refractivity contribution in [1.82, 2.24) is 10.2 Å². The van der Waals surface area contributed by atoms with Crippen molar-refractivity contribution in [1.29, 1.82) is 0 Å². The lowest BCUT2D eigenvalue weighted by atomic mass is 10.1. The second kappa shape index (κ2) is 12.8. The van der Waals surface area contributed by atoms with Crippen LogP contribution in [0, 0.1) is 0 Å². The molecule has 1 amide bonds. The van der Waals surface area contributed by atoms with Gasteiger partial charge in [-0.2, -0.15) is 0 Å². The van der Waals surface area contributed by atoms with E-state index in [1.807, 2.05) is 12.1 Å². The highest BCUT2D eigenvalue weighted by atomic mass is 16.6. The van der Waals surface area contributed by atoms with E-state index in [1.165, 1.54) is 31.7 Å². The average molecular weight is 406 g/mol. The molecule has 2 rings (SSSR count). The highest BCUT2D eigenvalue weighted by Crippen LogP contribution is 2.17. The van der Waals surface area contributed by atoms with Gasteiger partial charge in [-0.1, -0.05) is 18.6 Å². The Hall–Kier alpha value is -2.61. The van der Waals surface area contributed by atoms with Gasteiger partial charge in [0, 0.05) is 20.0 Å². The summed E-state index contributed by atoms with van der Waals surface area (Å²) in [5.74, 6) is -0.929. The molecule has 1 aliphatic heterocycles. The lowest BCUT2D eigenvalue weighted by molar-refractivity contribution is -0.159. The third-order valence-electron chi connectivity index (χ3n) is 4.42. The molecule has 29 heavy (non-hydrogen) atoms. The van der Waals surface area contributed by atoms with Gasteiger partial charge in [-0.25, -0.2) is 4.79 Å². The molecule has 8 heteroatoms. The first-order chi connectivity index (χ1) is 14.0. The van der Waals surface area contributed by atoms with Crippen molar-refractivity contribution in [3.63, 3.8) is 0 Å². The van der Waals surface area contributed by atoms with E-state index in [0.717, 1.165) is 25.4 Å². The third kappa shape index (κ3) is 9.94. The van der Waals surface area contributed by atoms with E-state index in [1.54, 1.807) is 0 Å². The van der Waals surface area contributed by atoms with Crippen molar-refractivity contribution >= 4 is 17.8 Å². The van der Waals surface area contributed by atoms with Crippen molar-refractivity contribution in [2.45, 2.75) is 39.2 Å². The largest absolute Gasteiger partial charge is 0.494 e. The summed E-state index contributed by atoms with van der Waals surface area (Å²) >= 11 is 0. The molecule has 160 valence electrons. The number of benzene rings is 1. The number of hydrogen-bond acceptors (Lipinski definition) is 7. The van der Waals surface area contributed by atoms with Gasteiger partial charge in [-0.15, -0.1) is 0 Å². The van der Waals surface area contributed by atoms with Crippen LogP contribution in [0.3, 0.4) is 0 Å². The van der Waals surface area contributed by atoms with Gasteiger partial charge < -0.3 is 19.5 Å². The molecule has 0 unspecified atom stereocenters. The highest BCUT2D eigenvalue weighted by molar-refractivity contribution is 5.81. The second-order valence-corrected chi connectivity index (χ2v) is 6.98. The summed E-state index contributed by atoms with van der Waals surface area (Å²) in [6.45, 7) is 4.43. The molecule has 1 N–H and O–H groups in total. The normalized spacial score (nSPS) is 14.1. The van der Waals surface area contributed by atoms with Crippen molar-refractivity contribution in [3.05, 3.63) is 29.8 Å². The van der Waals surface area contributed by atoms with Crippen LogP contribution in [-0.2, 0) is 30.4 Å². The van der Waals surface area contributed by atoms with E-state index < -0.39 is 31.1 Å². The maximum atomic E-state index is 11.6. The Morgan fingerprint density at radius 1 is 1.07 bits per heavy atom. The standard InChI is InChI=1S/C21H30N2O6/c1-17(24)28-16-21(26)29-15-20(25)22-9-6-12-27-19-8-5-7-18(13-19)14-23-10-3-2-4-11-23/h5,7-8,13H,2-4,6,9-12,14-16H2,1H3,(H,22,25). The van der Waals surface area contributed by atoms with Crippen LogP contribution in [0.2, 0.25) is 0 Å². The first-order valence-electron chi connectivity index (χ1n) is 10.0. The predicted octanol–water partition coefficient (Wildman–Crippen LogP) is 1.66. The number of likely N-dealkylation sites (tertiary alicyclic amines) is 1. The summed E-state index contributed by atoms with van der Waals surface area (Å²) < 4.78 is 14.9. The van der Waals surface area contributed by atoms with Crippen LogP contribution < -0.4 is 10.1 Å². The summed E-state index contributed by atoms with van der Waals surface area (Å²) in [7, 11) is 0. The Balaban J connectivity index is 1.56. The Labute approximate surface area is 171 Å². The van der Waals surface area contributed by atoms with Crippen LogP contribution in [0.5, 0.6) is 5.75 Å². The van der Waals surface area contributed by atoms with Crippen molar-refractivity contribution in [2.75, 3.05) is 39.5 Å². The minimum absolute atomic E-state index is 0.403. The lowest BCUT2D eigenvalue weighted by Crippen LogP contribution is -2.31. The van der Waals surface area contributed by atoms with Crippen LogP contribution in [0.1, 0.15) is 38.2 Å². The Morgan fingerprint density at radius 3 is 2.62 bits per heavy atom. The maximum absolute atomic E-state index is 11.6. The molecule has 1 aliphatic rings. The molecule has 0 radical (unpaired) electrons. The summed E-state index contributed by atoms with van der Waals surface area (Å²) in [4.78, 5) is 35.9. The fourth-order valence-electron chi connectivity index (χ4n) is 3.00. The molecule has 0 aromatic heterocycles. The summed E-state index contributed by atoms with van der Waals surface area (Å²) in [6.07, 6.45) is 4.50. The van der Waals surface area contributed by atoms with Gasteiger partial charge in [0.25, 0.3) is 5.91 Å². The van der Waals surface area contributed by atoms with E-state index in [2.05, 4.69) is 27.1 Å². The number of nitrogens with zero attached hydrogens (tertiary/aromatic N) is 1. The van der Waals surface area contributed by atoms with Gasteiger partial charge in [0.1, 0.15) is 5.75 Å². The van der Waals surface area contributed by atoms with Gasteiger partial charge in [0.15, 0.2) is 13.2 Å². The van der Waals surface area contributed by atoms with Gasteiger partial charge in [-0.05, 0) is 50.0 Å². The predicted molar refractivity (Wildman–Crippen MR) is 106 cm³/mol. The average Bonchev–Trinajstić information content (AvgIpc) is 2.71. The Bertz CT molecular complexity index is 673. The van der Waals surface area contributed by atoms with Crippen LogP contribution >= 0.6 is 0 Å². The summed E-state index contributed by atoms with van der Waals surface area (Å²) in [5, 5.41) is 2.64. The van der Waals surface area contributed by atoms with Crippen LogP contribution in [0.4, 0.5) is 0 Å². The summed E-state index contributed by atoms with van der Waals surface area (Å²) in [6, 6.07) is 8.11. The van der Waals surface area contributed by atoms with Crippen molar-refractivity contribution in [3.8, 4) is 5.75 Å². The van der Waals surface area contributed by atoms with Crippen LogP contribution in [-0.4, -0.2) is 62.2 Å². The van der Waals surface area contributed by atoms with Gasteiger partial charge in [0.05, 0.1) is 6.61 Å². The van der Waals surface area contributed by atoms with Crippen molar-refractivity contribution in [2.24, 2.45) is 0 Å². The van der Waals surface area contributed by atoms with Gasteiger partial charge in [0.2, 0.25) is 0 Å². The number of hydrogen-bond donors (Lipinski definition) is 1. The quantitative estimate of drug-likeness (QED) is 0.441. The second-order valence-electron chi connectivity index (χ2n) is 6.98. The van der Waals surface area contributed by atoms with Gasteiger partial charge in [-0.3, -0.25) is 14.5 Å². The minimum Gasteiger partial charge on any atom is -0.494 e. The van der Waals surface area contributed by atoms with Gasteiger partial charge >= 0.3 is 11.9 Å². The fraction of sp³-hybridized carbons (Fsp3) is 0.571. The molecule has 1 aromatic carbocycles. The molecular formula is C21H30N2O6. The number of carbonyl (C=O) groups excluding carboxylic acids is 3. The first kappa shape index (κ1) is 22.7. The molecule has 1 saturated heterocycles. The Morgan fingerprint density at radius 2 is 1.86 bits per heavy atom. The lowest BCUT2D eigenvalue weighted by Gasteiger charge is -2.26. The zero-order valence-electron chi connectivity index (χ0n) is 17.0. The topological polar surface area (TPSA) is 94.2 Å². The fourth-order valence-corrected chi connectivity index (χ4v) is 3.00. The molecule has 1 heterocycles. The zero-order valence-corrected chi connectivity index (χ0v) is 17.0. The number of ether oxygens (including phenoxy) is 3. The molecule has 0 aliphatic carbocycles. The third-order valence-corrected chi connectivity index (χ3v) is 4.42. The van der Waals surface area contributed by atoms with Crippen molar-refractivity contribution < 1.29 is 28.6 Å². The number of nitrogens with one attached hydrogen (secondary N) is 1. The zero-order chi connectivity index (χ0) is 20.9. The molecular weight excluding hydrogens is 376 g/mol. The van der Waals surface area contributed by atoms with Crippen LogP contribution in [0.15, 0.2) is 24.3 Å². The number of carbonyl (C=O) groups is 3. The van der Waals surface area contributed by atoms with E-state index in [0.29, 0.717) is 19.6 Å². The molecule has 0 spiro atoms. The molecule has 0 atom stereocenters. The van der Waals surface area contributed by atoms with Crippen LogP contribution in [0.25, 0.3) is 0 Å². The van der Waals surface area contributed by atoms with E-state index in [4.69, 9.17) is 9.47 Å². The van der Waals surface area contributed by atoms with E-state index in [9.17, 15) is 14.4 Å². The van der Waals surface area contributed by atoms with E-state index >= 15 is 0 Å². The summed E-state index contributed by atoms with van der Waals surface area (Å²) in [5.41, 5.74) is 1.24. The molecule has 0 saturated carbocycles. The highest BCUT2D eigenvalue weighted by Gasteiger charge is 2.11. The maximum Gasteiger partial charge on any atom is 0.344 e. The molecule has 8 nitrogen and oxygen atoms in total. The molecule has 1 aromatic rings. The number of amides is 1. The Kier molecular flexibility index (Phi) is 9.99. The smallest absolute Gasteiger partial charge is 0.344 e. The molecule has 1 fully saturated rings. The number of piperidine rings is 1. The number of esters is 2. The number of rotatable bonds is 11. The SMILES string of the molecule is CC(=O)OCC(=O)OCC(=O)NCCCOc1cccc(CN2CCCCC2)c1. The first-order valence-corrected chi connectivity index (χ1v) is 10.0. The monoisotopic (exact) mass is 406 g/mol. The minimum atomic E-state index is -0.761. The molecule has 0 bridgehead atoms. The van der Waals surface area contributed by atoms with E-state index in [-0.39, 0.29) is 0 Å².